The molecule has 8 nitrogen and oxygen atoms in total. The van der Waals surface area contributed by atoms with Crippen LogP contribution in [-0.4, -0.2) is 49.0 Å². The highest BCUT2D eigenvalue weighted by molar-refractivity contribution is 14.1. The molecule has 0 aromatic heterocycles. The zero-order valence-electron chi connectivity index (χ0n) is 19.4. The fraction of sp³-hybridized carbons (Fsp3) is 0.240. The van der Waals surface area contributed by atoms with Gasteiger partial charge in [-0.25, -0.2) is 14.6 Å². The minimum absolute atomic E-state index is 0.0183. The Morgan fingerprint density at radius 1 is 1.11 bits per heavy atom. The second-order valence-electron chi connectivity index (χ2n) is 6.94. The molecule has 0 aliphatic carbocycles. The molecule has 1 heterocycles. The Balaban J connectivity index is 2.01. The standard InChI is InChI=1S/C25H24INO7S/c1-4-32-18-12-15(11-17(26)23(18)34-14-20(28)31-3)13-19-22(29)21(25(30)33-5-2)24(35-19)27-16-9-7-6-8-10-16/h6-13,29H,4-5,14H2,1-3H3/b19-13-,27-24?. The zero-order chi connectivity index (χ0) is 25.4. The van der Waals surface area contributed by atoms with Crippen molar-refractivity contribution in [2.75, 3.05) is 26.9 Å². The highest BCUT2D eigenvalue weighted by Gasteiger charge is 2.33. The first-order valence-electron chi connectivity index (χ1n) is 10.7. The lowest BCUT2D eigenvalue weighted by Crippen LogP contribution is -2.14. The molecule has 2 aromatic rings. The number of thioether (sulfide) groups is 1. The van der Waals surface area contributed by atoms with Gasteiger partial charge in [0.25, 0.3) is 0 Å². The van der Waals surface area contributed by atoms with E-state index < -0.39 is 11.9 Å². The number of carbonyl (C=O) groups is 2. The predicted molar refractivity (Wildman–Crippen MR) is 143 cm³/mol. The first-order valence-corrected chi connectivity index (χ1v) is 12.6. The molecule has 0 radical (unpaired) electrons. The minimum atomic E-state index is -0.647. The highest BCUT2D eigenvalue weighted by Crippen LogP contribution is 2.42. The molecule has 0 atom stereocenters. The van der Waals surface area contributed by atoms with Crippen molar-refractivity contribution < 1.29 is 33.6 Å². The number of benzene rings is 2. The van der Waals surface area contributed by atoms with Crippen LogP contribution in [0.2, 0.25) is 0 Å². The van der Waals surface area contributed by atoms with E-state index in [0.29, 0.717) is 42.9 Å². The van der Waals surface area contributed by atoms with Gasteiger partial charge in [-0.05, 0) is 72.3 Å². The van der Waals surface area contributed by atoms with Gasteiger partial charge in [0.2, 0.25) is 0 Å². The molecule has 3 rings (SSSR count). The average Bonchev–Trinajstić information content (AvgIpc) is 3.13. The Hall–Kier alpha value is -2.99. The topological polar surface area (TPSA) is 104 Å². The van der Waals surface area contributed by atoms with Crippen LogP contribution in [0, 0.1) is 3.57 Å². The van der Waals surface area contributed by atoms with E-state index in [-0.39, 0.29) is 24.5 Å². The number of aliphatic imine (C=N–C) groups is 1. The maximum absolute atomic E-state index is 12.6. The van der Waals surface area contributed by atoms with Crippen molar-refractivity contribution in [3.63, 3.8) is 0 Å². The van der Waals surface area contributed by atoms with Gasteiger partial charge in [0.05, 0.1) is 34.5 Å². The number of para-hydroxylation sites is 1. The summed E-state index contributed by atoms with van der Waals surface area (Å²) in [5, 5.41) is 11.3. The van der Waals surface area contributed by atoms with Gasteiger partial charge in [0.15, 0.2) is 18.1 Å². The summed E-state index contributed by atoms with van der Waals surface area (Å²) in [6, 6.07) is 12.7. The number of hydrogen-bond acceptors (Lipinski definition) is 9. The van der Waals surface area contributed by atoms with E-state index in [9.17, 15) is 14.7 Å². The molecule has 0 unspecified atom stereocenters. The number of ether oxygens (including phenoxy) is 4. The molecule has 35 heavy (non-hydrogen) atoms. The Morgan fingerprint density at radius 3 is 2.51 bits per heavy atom. The number of halogens is 1. The number of esters is 2. The van der Waals surface area contributed by atoms with Crippen molar-refractivity contribution in [1.29, 1.82) is 0 Å². The van der Waals surface area contributed by atoms with Crippen molar-refractivity contribution in [2.24, 2.45) is 4.99 Å². The van der Waals surface area contributed by atoms with E-state index >= 15 is 0 Å². The maximum atomic E-state index is 12.6. The zero-order valence-corrected chi connectivity index (χ0v) is 22.3. The third-order valence-corrected chi connectivity index (χ3v) is 6.37. The molecular formula is C25H24INO7S. The van der Waals surface area contributed by atoms with Crippen molar-refractivity contribution in [3.8, 4) is 11.5 Å². The number of aliphatic hydroxyl groups excluding tert-OH is 1. The van der Waals surface area contributed by atoms with Gasteiger partial charge in [-0.3, -0.25) is 0 Å². The Morgan fingerprint density at radius 2 is 1.86 bits per heavy atom. The van der Waals surface area contributed by atoms with Gasteiger partial charge >= 0.3 is 11.9 Å². The molecule has 2 aromatic carbocycles. The van der Waals surface area contributed by atoms with Gasteiger partial charge in [-0.15, -0.1) is 0 Å². The van der Waals surface area contributed by atoms with Gasteiger partial charge in [-0.1, -0.05) is 30.0 Å². The highest BCUT2D eigenvalue weighted by atomic mass is 127. The van der Waals surface area contributed by atoms with Gasteiger partial charge in [0.1, 0.15) is 16.4 Å². The van der Waals surface area contributed by atoms with E-state index in [2.05, 4.69) is 32.3 Å². The predicted octanol–water partition coefficient (Wildman–Crippen LogP) is 5.43. The first kappa shape index (κ1) is 26.6. The summed E-state index contributed by atoms with van der Waals surface area (Å²) in [5.74, 6) is -0.514. The quantitative estimate of drug-likeness (QED) is 0.297. The van der Waals surface area contributed by atoms with Crippen LogP contribution in [0.4, 0.5) is 5.69 Å². The van der Waals surface area contributed by atoms with Crippen LogP contribution in [-0.2, 0) is 19.1 Å². The Labute approximate surface area is 221 Å². The van der Waals surface area contributed by atoms with E-state index in [1.165, 1.54) is 18.9 Å². The number of carbonyl (C=O) groups excluding carboxylic acids is 2. The molecule has 0 saturated heterocycles. The molecule has 10 heteroatoms. The van der Waals surface area contributed by atoms with Crippen LogP contribution in [0.3, 0.4) is 0 Å². The van der Waals surface area contributed by atoms with Crippen LogP contribution in [0.5, 0.6) is 11.5 Å². The molecule has 1 aliphatic heterocycles. The van der Waals surface area contributed by atoms with Crippen molar-refractivity contribution in [3.05, 3.63) is 67.8 Å². The molecule has 1 N–H and O–H groups in total. The normalized spacial score (nSPS) is 15.4. The average molecular weight is 609 g/mol. The van der Waals surface area contributed by atoms with Crippen molar-refractivity contribution >= 4 is 63.1 Å². The largest absolute Gasteiger partial charge is 0.506 e. The smallest absolute Gasteiger partial charge is 0.344 e. The maximum Gasteiger partial charge on any atom is 0.344 e. The molecule has 0 fully saturated rings. The lowest BCUT2D eigenvalue weighted by atomic mass is 10.1. The molecule has 0 spiro atoms. The van der Waals surface area contributed by atoms with Gasteiger partial charge in [0, 0.05) is 0 Å². The monoisotopic (exact) mass is 609 g/mol. The first-order chi connectivity index (χ1) is 16.9. The van der Waals surface area contributed by atoms with Crippen LogP contribution in [0.25, 0.3) is 6.08 Å². The van der Waals surface area contributed by atoms with E-state index in [0.717, 1.165) is 0 Å². The lowest BCUT2D eigenvalue weighted by Gasteiger charge is -2.14. The Bertz CT molecular complexity index is 1190. The minimum Gasteiger partial charge on any atom is -0.506 e. The van der Waals surface area contributed by atoms with E-state index in [4.69, 9.17) is 14.2 Å². The Kier molecular flexibility index (Phi) is 9.61. The van der Waals surface area contributed by atoms with E-state index in [1.54, 1.807) is 31.2 Å². The molecule has 184 valence electrons. The van der Waals surface area contributed by atoms with Gasteiger partial charge in [-0.2, -0.15) is 0 Å². The van der Waals surface area contributed by atoms with Crippen molar-refractivity contribution in [2.45, 2.75) is 13.8 Å². The van der Waals surface area contributed by atoms with Crippen LogP contribution in [0.15, 0.2) is 63.7 Å². The summed E-state index contributed by atoms with van der Waals surface area (Å²) >= 11 is 3.25. The summed E-state index contributed by atoms with van der Waals surface area (Å²) in [6.07, 6.45) is 1.72. The summed E-state index contributed by atoms with van der Waals surface area (Å²) in [5.41, 5.74) is 1.36. The second-order valence-corrected chi connectivity index (χ2v) is 9.13. The summed E-state index contributed by atoms with van der Waals surface area (Å²) in [4.78, 5) is 29.1. The van der Waals surface area contributed by atoms with E-state index in [1.807, 2.05) is 31.2 Å². The van der Waals surface area contributed by atoms with Gasteiger partial charge < -0.3 is 24.1 Å². The number of nitrogens with zero attached hydrogens (tertiary/aromatic N) is 1. The molecule has 1 aliphatic rings. The lowest BCUT2D eigenvalue weighted by molar-refractivity contribution is -0.143. The fourth-order valence-electron chi connectivity index (χ4n) is 3.03. The third-order valence-electron chi connectivity index (χ3n) is 4.55. The van der Waals surface area contributed by atoms with Crippen LogP contribution in [0.1, 0.15) is 19.4 Å². The van der Waals surface area contributed by atoms with Crippen LogP contribution < -0.4 is 9.47 Å². The SMILES string of the molecule is CCOC(=O)C1=C(O)/C(=C/c2cc(I)c(OCC(=O)OC)c(OCC)c2)SC1=Nc1ccccc1. The summed E-state index contributed by atoms with van der Waals surface area (Å²) in [6.45, 7) is 3.83. The van der Waals surface area contributed by atoms with Crippen molar-refractivity contribution in [1.82, 2.24) is 0 Å². The molecule has 0 saturated carbocycles. The third kappa shape index (κ3) is 6.79. The molecular weight excluding hydrogens is 585 g/mol. The number of hydrogen-bond donors (Lipinski definition) is 1. The summed E-state index contributed by atoms with van der Waals surface area (Å²) < 4.78 is 21.8. The second kappa shape index (κ2) is 12.6. The molecule has 0 bridgehead atoms. The fourth-order valence-corrected chi connectivity index (χ4v) is 4.84. The molecule has 0 amide bonds. The number of rotatable bonds is 9. The van der Waals surface area contributed by atoms with Crippen LogP contribution >= 0.6 is 34.4 Å². The number of methoxy groups -OCH3 is 1. The number of aliphatic hydroxyl groups is 1. The summed E-state index contributed by atoms with van der Waals surface area (Å²) in [7, 11) is 1.29.